The minimum atomic E-state index is -0.480. The number of nitrogens with two attached hydrogens (primary N) is 1. The highest BCUT2D eigenvalue weighted by molar-refractivity contribution is 7.21. The monoisotopic (exact) mass is 422 g/mol. The number of thiophene rings is 1. The van der Waals surface area contributed by atoms with E-state index in [0.717, 1.165) is 27.8 Å². The van der Waals surface area contributed by atoms with E-state index < -0.39 is 5.97 Å². The molecule has 0 fully saturated rings. The number of esters is 1. The lowest BCUT2D eigenvalue weighted by Crippen LogP contribution is -2.08. The van der Waals surface area contributed by atoms with E-state index in [9.17, 15) is 4.79 Å². The maximum atomic E-state index is 12.9. The van der Waals surface area contributed by atoms with Crippen molar-refractivity contribution in [2.45, 2.75) is 0 Å². The lowest BCUT2D eigenvalue weighted by molar-refractivity contribution is 0.0741. The first-order chi connectivity index (χ1) is 15.2. The summed E-state index contributed by atoms with van der Waals surface area (Å²) in [5, 5.41) is 0.774. The molecule has 3 aromatic carbocycles. The normalized spacial score (nSPS) is 10.8. The molecule has 0 aliphatic heterocycles. The summed E-state index contributed by atoms with van der Waals surface area (Å²) < 4.78 is 5.53. The topological polar surface area (TPSA) is 65.2 Å². The third-order valence-electron chi connectivity index (χ3n) is 4.99. The molecule has 5 heteroatoms. The van der Waals surface area contributed by atoms with Gasteiger partial charge < -0.3 is 10.5 Å². The van der Waals surface area contributed by atoms with Crippen molar-refractivity contribution in [2.24, 2.45) is 0 Å². The quantitative estimate of drug-likeness (QED) is 0.268. The van der Waals surface area contributed by atoms with Gasteiger partial charge in [0.1, 0.15) is 15.5 Å². The van der Waals surface area contributed by atoms with Crippen LogP contribution >= 0.6 is 11.3 Å². The minimum absolute atomic E-state index is 0.355. The minimum Gasteiger partial charge on any atom is -0.422 e. The Bertz CT molecular complexity index is 1360. The van der Waals surface area contributed by atoms with Crippen molar-refractivity contribution in [2.75, 3.05) is 5.73 Å². The van der Waals surface area contributed by atoms with Gasteiger partial charge in [-0.25, -0.2) is 9.78 Å². The number of nitrogens with zero attached hydrogens (tertiary/aromatic N) is 1. The van der Waals surface area contributed by atoms with Gasteiger partial charge in [0.15, 0.2) is 0 Å². The van der Waals surface area contributed by atoms with Gasteiger partial charge in [-0.15, -0.1) is 11.3 Å². The molecule has 2 aromatic heterocycles. The zero-order valence-corrected chi connectivity index (χ0v) is 17.3. The average Bonchev–Trinajstić information content (AvgIpc) is 3.17. The number of pyridine rings is 1. The molecule has 0 amide bonds. The second-order valence-electron chi connectivity index (χ2n) is 7.01. The van der Waals surface area contributed by atoms with Crippen molar-refractivity contribution < 1.29 is 9.53 Å². The number of aromatic nitrogens is 1. The molecule has 0 unspecified atom stereocenters. The van der Waals surface area contributed by atoms with E-state index in [1.807, 2.05) is 84.9 Å². The van der Waals surface area contributed by atoms with Crippen LogP contribution in [0.3, 0.4) is 0 Å². The van der Waals surface area contributed by atoms with Gasteiger partial charge in [-0.3, -0.25) is 0 Å². The van der Waals surface area contributed by atoms with Crippen LogP contribution in [0.25, 0.3) is 32.6 Å². The molecule has 0 spiro atoms. The second kappa shape index (κ2) is 8.05. The Morgan fingerprint density at radius 1 is 0.806 bits per heavy atom. The molecule has 5 rings (SSSR count). The highest BCUT2D eigenvalue weighted by Crippen LogP contribution is 2.41. The number of rotatable bonds is 4. The molecular weight excluding hydrogens is 404 g/mol. The summed E-state index contributed by atoms with van der Waals surface area (Å²) in [5.41, 5.74) is 10.7. The molecule has 0 aliphatic rings. The Hall–Kier alpha value is -3.96. The van der Waals surface area contributed by atoms with Gasteiger partial charge in [0, 0.05) is 10.9 Å². The van der Waals surface area contributed by atoms with Crippen LogP contribution in [0, 0.1) is 0 Å². The number of benzene rings is 3. The third-order valence-corrected chi connectivity index (χ3v) is 6.07. The number of carbonyl (C=O) groups is 1. The van der Waals surface area contributed by atoms with Crippen LogP contribution in [-0.4, -0.2) is 11.0 Å². The molecule has 0 radical (unpaired) electrons. The van der Waals surface area contributed by atoms with Crippen LogP contribution in [0.5, 0.6) is 5.75 Å². The summed E-state index contributed by atoms with van der Waals surface area (Å²) in [7, 11) is 0. The number of hydrogen-bond acceptors (Lipinski definition) is 5. The van der Waals surface area contributed by atoms with Gasteiger partial charge in [-0.05, 0) is 29.3 Å². The fourth-order valence-corrected chi connectivity index (χ4v) is 4.51. The van der Waals surface area contributed by atoms with Crippen molar-refractivity contribution >= 4 is 33.2 Å². The van der Waals surface area contributed by atoms with E-state index in [0.29, 0.717) is 21.1 Å². The maximum absolute atomic E-state index is 12.9. The summed E-state index contributed by atoms with van der Waals surface area (Å²) in [6, 6.07) is 31.0. The highest BCUT2D eigenvalue weighted by atomic mass is 32.1. The predicted octanol–water partition coefficient (Wildman–Crippen LogP) is 6.43. The number of anilines is 1. The van der Waals surface area contributed by atoms with Gasteiger partial charge in [0.25, 0.3) is 0 Å². The summed E-state index contributed by atoms with van der Waals surface area (Å²) in [4.78, 5) is 18.8. The van der Waals surface area contributed by atoms with Crippen molar-refractivity contribution in [1.29, 1.82) is 0 Å². The Labute approximate surface area is 183 Å². The lowest BCUT2D eigenvalue weighted by Gasteiger charge is -2.09. The average molecular weight is 423 g/mol. The SMILES string of the molecule is Nc1c(C(=O)Oc2ccccc2)sc2nc(-c3ccccc3)cc(-c3ccccc3)c12. The van der Waals surface area contributed by atoms with E-state index in [1.54, 1.807) is 12.1 Å². The number of hydrogen-bond donors (Lipinski definition) is 1. The van der Waals surface area contributed by atoms with Crippen molar-refractivity contribution in [1.82, 2.24) is 4.98 Å². The number of fused-ring (bicyclic) bond motifs is 1. The zero-order chi connectivity index (χ0) is 21.2. The molecular formula is C26H18N2O2S. The smallest absolute Gasteiger partial charge is 0.355 e. The van der Waals surface area contributed by atoms with Crippen LogP contribution in [0.15, 0.2) is 97.1 Å². The largest absolute Gasteiger partial charge is 0.422 e. The molecule has 0 saturated carbocycles. The van der Waals surface area contributed by atoms with Gasteiger partial charge in [-0.2, -0.15) is 0 Å². The highest BCUT2D eigenvalue weighted by Gasteiger charge is 2.23. The summed E-state index contributed by atoms with van der Waals surface area (Å²) in [6.45, 7) is 0. The van der Waals surface area contributed by atoms with Crippen LogP contribution in [-0.2, 0) is 0 Å². The van der Waals surface area contributed by atoms with E-state index >= 15 is 0 Å². The van der Waals surface area contributed by atoms with E-state index in [2.05, 4.69) is 0 Å². The van der Waals surface area contributed by atoms with Crippen LogP contribution < -0.4 is 10.5 Å². The summed E-state index contributed by atoms with van der Waals surface area (Å²) >= 11 is 1.26. The third kappa shape index (κ3) is 3.67. The predicted molar refractivity (Wildman–Crippen MR) is 126 cm³/mol. The Morgan fingerprint density at radius 3 is 2.03 bits per heavy atom. The maximum Gasteiger partial charge on any atom is 0.355 e. The van der Waals surface area contributed by atoms with E-state index in [-0.39, 0.29) is 0 Å². The second-order valence-corrected chi connectivity index (χ2v) is 8.01. The van der Waals surface area contributed by atoms with Crippen molar-refractivity contribution in [3.05, 3.63) is 102 Å². The molecule has 31 heavy (non-hydrogen) atoms. The van der Waals surface area contributed by atoms with Gasteiger partial charge in [-0.1, -0.05) is 78.9 Å². The number of carbonyl (C=O) groups excluding carboxylic acids is 1. The molecule has 0 bridgehead atoms. The number of ether oxygens (including phenoxy) is 1. The van der Waals surface area contributed by atoms with Gasteiger partial charge in [0.2, 0.25) is 0 Å². The first-order valence-electron chi connectivity index (χ1n) is 9.82. The fraction of sp³-hybridized carbons (Fsp3) is 0. The summed E-state index contributed by atoms with van der Waals surface area (Å²) in [6.07, 6.45) is 0. The van der Waals surface area contributed by atoms with Gasteiger partial charge >= 0.3 is 5.97 Å². The molecule has 2 N–H and O–H groups in total. The molecule has 0 atom stereocenters. The number of para-hydroxylation sites is 1. The molecule has 0 saturated heterocycles. The summed E-state index contributed by atoms with van der Waals surface area (Å²) in [5.74, 6) is -0.00227. The van der Waals surface area contributed by atoms with Crippen LogP contribution in [0.1, 0.15) is 9.67 Å². The van der Waals surface area contributed by atoms with Gasteiger partial charge in [0.05, 0.1) is 11.4 Å². The van der Waals surface area contributed by atoms with Crippen LogP contribution in [0.2, 0.25) is 0 Å². The molecule has 0 aliphatic carbocycles. The molecule has 4 nitrogen and oxygen atoms in total. The number of nitrogen functional groups attached to an aromatic ring is 1. The van der Waals surface area contributed by atoms with Crippen molar-refractivity contribution in [3.8, 4) is 28.1 Å². The van der Waals surface area contributed by atoms with E-state index in [1.165, 1.54) is 11.3 Å². The Balaban J connectivity index is 1.69. The Kier molecular flexibility index (Phi) is 4.94. The Morgan fingerprint density at radius 2 is 1.39 bits per heavy atom. The first kappa shape index (κ1) is 19.0. The first-order valence-corrected chi connectivity index (χ1v) is 10.6. The standard InChI is InChI=1S/C26H18N2O2S/c27-23-22-20(17-10-4-1-5-11-17)16-21(18-12-6-2-7-13-18)28-25(22)31-24(23)26(29)30-19-14-8-3-9-15-19/h1-16H,27H2. The lowest BCUT2D eigenvalue weighted by atomic mass is 9.99. The molecule has 150 valence electrons. The molecule has 2 heterocycles. The van der Waals surface area contributed by atoms with Crippen LogP contribution in [0.4, 0.5) is 5.69 Å². The zero-order valence-electron chi connectivity index (χ0n) is 16.5. The van der Waals surface area contributed by atoms with E-state index in [4.69, 9.17) is 15.5 Å². The molecule has 5 aromatic rings. The van der Waals surface area contributed by atoms with Crippen molar-refractivity contribution in [3.63, 3.8) is 0 Å². The fourth-order valence-electron chi connectivity index (χ4n) is 3.52.